The molecule has 130 valence electrons. The Morgan fingerprint density at radius 1 is 1.50 bits per heavy atom. The fraction of sp³-hybridized carbons (Fsp3) is 0.500. The topological polar surface area (TPSA) is 98.3 Å². The molecule has 0 aromatic carbocycles. The molecule has 2 aromatic rings. The number of amides is 1. The number of thioether (sulfide) groups is 1. The fourth-order valence-corrected chi connectivity index (χ4v) is 5.09. The highest BCUT2D eigenvalue weighted by molar-refractivity contribution is 7.98. The Hall–Kier alpha value is -1.81. The molecule has 1 aliphatic rings. The van der Waals surface area contributed by atoms with Crippen molar-refractivity contribution in [3.05, 3.63) is 30.0 Å². The number of hydrogen-bond acceptors (Lipinski definition) is 7. The van der Waals surface area contributed by atoms with Gasteiger partial charge < -0.3 is 13.9 Å². The van der Waals surface area contributed by atoms with Gasteiger partial charge in [-0.3, -0.25) is 4.79 Å². The first-order valence-corrected chi connectivity index (χ1v) is 10.2. The molecule has 8 nitrogen and oxygen atoms in total. The largest absolute Gasteiger partial charge is 0.455 e. The van der Waals surface area contributed by atoms with Crippen molar-refractivity contribution in [1.29, 1.82) is 0 Å². The molecule has 0 unspecified atom stereocenters. The van der Waals surface area contributed by atoms with Gasteiger partial charge in [0, 0.05) is 20.1 Å². The number of carbonyl (C=O) groups is 1. The van der Waals surface area contributed by atoms with Crippen molar-refractivity contribution >= 4 is 27.5 Å². The Morgan fingerprint density at radius 2 is 2.29 bits per heavy atom. The summed E-state index contributed by atoms with van der Waals surface area (Å²) in [4.78, 5) is 13.9. The Bertz CT molecular complexity index is 843. The van der Waals surface area contributed by atoms with E-state index in [4.69, 9.17) is 4.42 Å². The third kappa shape index (κ3) is 3.64. The zero-order valence-electron chi connectivity index (χ0n) is 13.4. The quantitative estimate of drug-likeness (QED) is 0.723. The molecule has 0 aliphatic carbocycles. The Morgan fingerprint density at radius 3 is 2.92 bits per heavy atom. The van der Waals surface area contributed by atoms with Gasteiger partial charge in [0.15, 0.2) is 20.8 Å². The van der Waals surface area contributed by atoms with Crippen molar-refractivity contribution < 1.29 is 17.6 Å². The van der Waals surface area contributed by atoms with Crippen LogP contribution in [0.4, 0.5) is 0 Å². The number of hydrogen-bond donors (Lipinski definition) is 0. The molecular formula is C14H18N4O4S2. The lowest BCUT2D eigenvalue weighted by Crippen LogP contribution is -2.37. The number of sulfone groups is 1. The second kappa shape index (κ2) is 6.60. The lowest BCUT2D eigenvalue weighted by atomic mass is 10.2. The maximum Gasteiger partial charge on any atom is 0.289 e. The summed E-state index contributed by atoms with van der Waals surface area (Å²) in [6.07, 6.45) is 2.09. The van der Waals surface area contributed by atoms with Gasteiger partial charge in [0.1, 0.15) is 12.1 Å². The summed E-state index contributed by atoms with van der Waals surface area (Å²) >= 11 is 1.46. The second-order valence-electron chi connectivity index (χ2n) is 5.75. The van der Waals surface area contributed by atoms with E-state index in [1.165, 1.54) is 16.7 Å². The first-order chi connectivity index (χ1) is 11.4. The van der Waals surface area contributed by atoms with Gasteiger partial charge >= 0.3 is 0 Å². The number of aryl methyl sites for hydroxylation is 1. The maximum absolute atomic E-state index is 12.4. The molecule has 1 aliphatic heterocycles. The van der Waals surface area contributed by atoms with Gasteiger partial charge in [0.05, 0.1) is 17.3 Å². The predicted molar refractivity (Wildman–Crippen MR) is 88.4 cm³/mol. The number of nitrogens with zero attached hydrogens (tertiary/aromatic N) is 4. The first-order valence-electron chi connectivity index (χ1n) is 7.39. The highest BCUT2D eigenvalue weighted by atomic mass is 32.2. The number of rotatable bonds is 5. The van der Waals surface area contributed by atoms with Crippen LogP contribution in [-0.4, -0.2) is 58.6 Å². The van der Waals surface area contributed by atoms with Crippen LogP contribution in [0, 0.1) is 0 Å². The maximum atomic E-state index is 12.4. The van der Waals surface area contributed by atoms with Crippen LogP contribution in [-0.2, 0) is 22.6 Å². The smallest absolute Gasteiger partial charge is 0.289 e. The summed E-state index contributed by atoms with van der Waals surface area (Å²) in [6, 6.07) is 3.08. The van der Waals surface area contributed by atoms with Crippen LogP contribution >= 0.6 is 11.8 Å². The zero-order chi connectivity index (χ0) is 17.3. The van der Waals surface area contributed by atoms with Crippen molar-refractivity contribution in [1.82, 2.24) is 19.7 Å². The third-order valence-electron chi connectivity index (χ3n) is 3.96. The summed E-state index contributed by atoms with van der Waals surface area (Å²) in [6.45, 7) is 0. The van der Waals surface area contributed by atoms with Crippen molar-refractivity contribution in [2.75, 3.05) is 18.6 Å². The van der Waals surface area contributed by atoms with E-state index in [0.717, 1.165) is 5.16 Å². The van der Waals surface area contributed by atoms with E-state index < -0.39 is 9.84 Å². The fourth-order valence-electron chi connectivity index (χ4n) is 2.53. The van der Waals surface area contributed by atoms with Crippen LogP contribution in [0.2, 0.25) is 0 Å². The molecule has 1 saturated heterocycles. The molecule has 3 rings (SSSR count). The van der Waals surface area contributed by atoms with E-state index in [1.54, 1.807) is 30.1 Å². The van der Waals surface area contributed by atoms with E-state index in [9.17, 15) is 13.2 Å². The van der Waals surface area contributed by atoms with Gasteiger partial charge in [-0.05, 0) is 18.6 Å². The molecule has 10 heteroatoms. The highest BCUT2D eigenvalue weighted by Crippen LogP contribution is 2.23. The third-order valence-corrected chi connectivity index (χ3v) is 6.77. The molecule has 3 heterocycles. The van der Waals surface area contributed by atoms with Crippen LogP contribution < -0.4 is 0 Å². The Labute approximate surface area is 144 Å². The van der Waals surface area contributed by atoms with Crippen LogP contribution in [0.25, 0.3) is 0 Å². The number of aromatic nitrogens is 3. The average molecular weight is 370 g/mol. The van der Waals surface area contributed by atoms with Gasteiger partial charge in [-0.1, -0.05) is 11.8 Å². The molecule has 1 amide bonds. The molecule has 0 radical (unpaired) electrons. The molecule has 0 spiro atoms. The molecular weight excluding hydrogens is 352 g/mol. The highest BCUT2D eigenvalue weighted by Gasteiger charge is 2.33. The second-order valence-corrected chi connectivity index (χ2v) is 8.92. The summed E-state index contributed by atoms with van der Waals surface area (Å²) in [5.41, 5.74) is 0. The summed E-state index contributed by atoms with van der Waals surface area (Å²) < 4.78 is 30.5. The van der Waals surface area contributed by atoms with Crippen LogP contribution in [0.1, 0.15) is 22.7 Å². The molecule has 24 heavy (non-hydrogen) atoms. The molecule has 0 N–H and O–H groups in total. The molecule has 0 saturated carbocycles. The van der Waals surface area contributed by atoms with E-state index in [2.05, 4.69) is 10.2 Å². The lowest BCUT2D eigenvalue weighted by molar-refractivity contribution is 0.0714. The van der Waals surface area contributed by atoms with Crippen molar-refractivity contribution in [3.63, 3.8) is 0 Å². The van der Waals surface area contributed by atoms with Gasteiger partial charge in [0.2, 0.25) is 0 Å². The van der Waals surface area contributed by atoms with Crippen LogP contribution in [0.5, 0.6) is 0 Å². The van der Waals surface area contributed by atoms with Crippen LogP contribution in [0.3, 0.4) is 0 Å². The van der Waals surface area contributed by atoms with Gasteiger partial charge in [-0.2, -0.15) is 0 Å². The standard InChI is InChI=1S/C14H18N4O4S2/c1-17-9-15-16-14(17)23-7-11-3-4-12(22-11)13(19)18(2)10-5-6-24(20,21)8-10/h3-4,9-10H,5-8H2,1-2H3/t10-/m1/s1. The Kier molecular flexibility index (Phi) is 4.68. The number of furan rings is 1. The molecule has 1 atom stereocenters. The minimum absolute atomic E-state index is 0.0187. The van der Waals surface area contributed by atoms with Gasteiger partial charge in [-0.25, -0.2) is 8.42 Å². The molecule has 0 bridgehead atoms. The Balaban J connectivity index is 1.62. The predicted octanol–water partition coefficient (Wildman–Crippen LogP) is 0.959. The minimum atomic E-state index is -3.03. The van der Waals surface area contributed by atoms with E-state index >= 15 is 0 Å². The number of carbonyl (C=O) groups excluding carboxylic acids is 1. The van der Waals surface area contributed by atoms with Gasteiger partial charge in [-0.15, -0.1) is 10.2 Å². The van der Waals surface area contributed by atoms with Crippen LogP contribution in [0.15, 0.2) is 28.0 Å². The monoisotopic (exact) mass is 370 g/mol. The summed E-state index contributed by atoms with van der Waals surface area (Å²) in [5, 5.41) is 8.52. The zero-order valence-corrected chi connectivity index (χ0v) is 15.0. The molecule has 2 aromatic heterocycles. The first kappa shape index (κ1) is 17.0. The average Bonchev–Trinajstić information content (AvgIpc) is 3.24. The summed E-state index contributed by atoms with van der Waals surface area (Å²) in [5.74, 6) is 1.25. The van der Waals surface area contributed by atoms with Crippen molar-refractivity contribution in [3.8, 4) is 0 Å². The van der Waals surface area contributed by atoms with E-state index in [1.807, 2.05) is 7.05 Å². The normalized spacial score (nSPS) is 19.5. The van der Waals surface area contributed by atoms with E-state index in [-0.39, 0.29) is 29.2 Å². The lowest BCUT2D eigenvalue weighted by Gasteiger charge is -2.22. The summed E-state index contributed by atoms with van der Waals surface area (Å²) in [7, 11) is 0.435. The SMILES string of the molecule is CN(C(=O)c1ccc(CSc2nncn2C)o1)[C@@H]1CCS(=O)(=O)C1. The molecule has 1 fully saturated rings. The van der Waals surface area contributed by atoms with Gasteiger partial charge in [0.25, 0.3) is 5.91 Å². The minimum Gasteiger partial charge on any atom is -0.455 e. The van der Waals surface area contributed by atoms with E-state index in [0.29, 0.717) is 17.9 Å². The van der Waals surface area contributed by atoms with Crippen molar-refractivity contribution in [2.24, 2.45) is 7.05 Å². The van der Waals surface area contributed by atoms with Crippen molar-refractivity contribution in [2.45, 2.75) is 23.4 Å².